The third-order valence-corrected chi connectivity index (χ3v) is 2.55. The van der Waals surface area contributed by atoms with Crippen LogP contribution in [0.2, 0.25) is 0 Å². The van der Waals surface area contributed by atoms with Gasteiger partial charge in [0.15, 0.2) is 5.17 Å². The molecule has 1 unspecified atom stereocenters. The van der Waals surface area contributed by atoms with Gasteiger partial charge in [-0.05, 0) is 0 Å². The lowest BCUT2D eigenvalue weighted by atomic mass is 10.3. The number of hydrogen-bond donors (Lipinski definition) is 1. The molecule has 2 rings (SSSR count). The van der Waals surface area contributed by atoms with Crippen LogP contribution in [0.15, 0.2) is 17.6 Å². The summed E-state index contributed by atoms with van der Waals surface area (Å²) in [6, 6.07) is 0.261. The molecule has 64 valence electrons. The van der Waals surface area contributed by atoms with Crippen molar-refractivity contribution in [1.82, 2.24) is 14.8 Å². The maximum absolute atomic E-state index is 5.52. The summed E-state index contributed by atoms with van der Waals surface area (Å²) in [4.78, 5) is 8.08. The largest absolute Gasteiger partial charge is 0.379 e. The molecule has 0 aromatic carbocycles. The van der Waals surface area contributed by atoms with Gasteiger partial charge in [0.05, 0.1) is 12.6 Å². The van der Waals surface area contributed by atoms with E-state index in [4.69, 9.17) is 5.73 Å². The first-order chi connectivity index (χ1) is 5.84. The molecule has 0 bridgehead atoms. The fraction of sp³-hybridized carbons (Fsp3) is 0.500. The highest BCUT2D eigenvalue weighted by molar-refractivity contribution is 8.14. The SMILES string of the molecule is NC1=NC(Cn2cncn2)CS1. The first kappa shape index (κ1) is 7.60. The fourth-order valence-electron chi connectivity index (χ4n) is 1.07. The predicted molar refractivity (Wildman–Crippen MR) is 47.9 cm³/mol. The molecule has 0 aliphatic carbocycles. The number of hydrogen-bond acceptors (Lipinski definition) is 5. The maximum Gasteiger partial charge on any atom is 0.154 e. The van der Waals surface area contributed by atoms with Crippen molar-refractivity contribution in [1.29, 1.82) is 0 Å². The van der Waals surface area contributed by atoms with Crippen molar-refractivity contribution in [3.63, 3.8) is 0 Å². The molecular weight excluding hydrogens is 174 g/mol. The van der Waals surface area contributed by atoms with Crippen molar-refractivity contribution in [3.05, 3.63) is 12.7 Å². The Morgan fingerprint density at radius 1 is 1.75 bits per heavy atom. The van der Waals surface area contributed by atoms with Crippen LogP contribution in [0.1, 0.15) is 0 Å². The summed E-state index contributed by atoms with van der Waals surface area (Å²) in [5, 5.41) is 4.67. The van der Waals surface area contributed by atoms with E-state index in [1.165, 1.54) is 6.33 Å². The van der Waals surface area contributed by atoms with Gasteiger partial charge in [0.1, 0.15) is 12.7 Å². The number of nitrogens with zero attached hydrogens (tertiary/aromatic N) is 4. The Balaban J connectivity index is 1.97. The highest BCUT2D eigenvalue weighted by Gasteiger charge is 2.16. The summed E-state index contributed by atoms with van der Waals surface area (Å²) < 4.78 is 1.77. The third-order valence-electron chi connectivity index (χ3n) is 1.60. The van der Waals surface area contributed by atoms with Gasteiger partial charge in [-0.2, -0.15) is 5.10 Å². The zero-order chi connectivity index (χ0) is 8.39. The summed E-state index contributed by atoms with van der Waals surface area (Å²) in [6.45, 7) is 0.772. The molecule has 1 aliphatic heterocycles. The Morgan fingerprint density at radius 2 is 2.67 bits per heavy atom. The van der Waals surface area contributed by atoms with E-state index in [1.54, 1.807) is 22.8 Å². The van der Waals surface area contributed by atoms with Gasteiger partial charge >= 0.3 is 0 Å². The lowest BCUT2D eigenvalue weighted by molar-refractivity contribution is 0.548. The van der Waals surface area contributed by atoms with Crippen LogP contribution in [0, 0.1) is 0 Å². The van der Waals surface area contributed by atoms with E-state index in [0.717, 1.165) is 12.3 Å². The molecule has 0 radical (unpaired) electrons. The molecule has 0 saturated heterocycles. The molecule has 0 spiro atoms. The van der Waals surface area contributed by atoms with E-state index in [9.17, 15) is 0 Å². The topological polar surface area (TPSA) is 69.1 Å². The first-order valence-electron chi connectivity index (χ1n) is 3.63. The van der Waals surface area contributed by atoms with Crippen molar-refractivity contribution in [2.24, 2.45) is 10.7 Å². The Hall–Kier alpha value is -1.04. The van der Waals surface area contributed by atoms with Crippen molar-refractivity contribution in [2.45, 2.75) is 12.6 Å². The molecule has 6 heteroatoms. The van der Waals surface area contributed by atoms with E-state index in [-0.39, 0.29) is 6.04 Å². The molecule has 2 heterocycles. The van der Waals surface area contributed by atoms with Crippen molar-refractivity contribution in [3.8, 4) is 0 Å². The van der Waals surface area contributed by atoms with E-state index in [2.05, 4.69) is 15.1 Å². The second kappa shape index (κ2) is 3.14. The van der Waals surface area contributed by atoms with Crippen LogP contribution >= 0.6 is 11.8 Å². The lowest BCUT2D eigenvalue weighted by Gasteiger charge is -2.03. The van der Waals surface area contributed by atoms with E-state index in [1.807, 2.05) is 0 Å². The van der Waals surface area contributed by atoms with E-state index >= 15 is 0 Å². The number of nitrogens with two attached hydrogens (primary N) is 1. The van der Waals surface area contributed by atoms with Gasteiger partial charge in [-0.15, -0.1) is 0 Å². The molecule has 2 N–H and O–H groups in total. The molecule has 0 amide bonds. The zero-order valence-electron chi connectivity index (χ0n) is 6.42. The minimum atomic E-state index is 0.261. The number of amidine groups is 1. The Morgan fingerprint density at radius 3 is 3.25 bits per heavy atom. The highest BCUT2D eigenvalue weighted by atomic mass is 32.2. The molecule has 0 fully saturated rings. The van der Waals surface area contributed by atoms with Crippen LogP contribution in [0.4, 0.5) is 0 Å². The van der Waals surface area contributed by atoms with Crippen LogP contribution in [0.3, 0.4) is 0 Å². The summed E-state index contributed by atoms with van der Waals surface area (Å²) in [7, 11) is 0. The Kier molecular flexibility index (Phi) is 1.99. The predicted octanol–water partition coefficient (Wildman–Crippen LogP) is -0.292. The quantitative estimate of drug-likeness (QED) is 0.684. The normalized spacial score (nSPS) is 22.7. The minimum Gasteiger partial charge on any atom is -0.379 e. The Bertz CT molecular complexity index is 280. The molecule has 1 atom stereocenters. The van der Waals surface area contributed by atoms with Crippen LogP contribution in [0.5, 0.6) is 0 Å². The number of rotatable bonds is 2. The van der Waals surface area contributed by atoms with Crippen LogP contribution < -0.4 is 5.73 Å². The van der Waals surface area contributed by atoms with E-state index < -0.39 is 0 Å². The standard InChI is InChI=1S/C6H9N5S/c7-6-10-5(2-12-6)1-11-4-8-3-9-11/h3-5H,1-2H2,(H2,7,10). The van der Waals surface area contributed by atoms with Crippen LogP contribution in [0.25, 0.3) is 0 Å². The summed E-state index contributed by atoms with van der Waals surface area (Å²) in [6.07, 6.45) is 3.21. The van der Waals surface area contributed by atoms with Gasteiger partial charge in [0.25, 0.3) is 0 Å². The lowest BCUT2D eigenvalue weighted by Crippen LogP contribution is -2.14. The average molecular weight is 183 g/mol. The van der Waals surface area contributed by atoms with Gasteiger partial charge in [0, 0.05) is 5.75 Å². The number of aromatic nitrogens is 3. The third kappa shape index (κ3) is 1.58. The Labute approximate surface area is 74.1 Å². The second-order valence-corrected chi connectivity index (χ2v) is 3.59. The first-order valence-corrected chi connectivity index (χ1v) is 4.61. The molecule has 5 nitrogen and oxygen atoms in total. The molecule has 1 aromatic heterocycles. The van der Waals surface area contributed by atoms with Crippen molar-refractivity contribution in [2.75, 3.05) is 5.75 Å². The van der Waals surface area contributed by atoms with Gasteiger partial charge in [-0.3, -0.25) is 9.67 Å². The molecule has 0 saturated carbocycles. The summed E-state index contributed by atoms with van der Waals surface area (Å²) in [5.41, 5.74) is 5.52. The monoisotopic (exact) mass is 183 g/mol. The minimum absolute atomic E-state index is 0.261. The molecule has 1 aliphatic rings. The fourth-order valence-corrected chi connectivity index (χ4v) is 1.84. The highest BCUT2D eigenvalue weighted by Crippen LogP contribution is 2.15. The zero-order valence-corrected chi connectivity index (χ0v) is 7.24. The van der Waals surface area contributed by atoms with Crippen LogP contribution in [-0.4, -0.2) is 31.7 Å². The van der Waals surface area contributed by atoms with Gasteiger partial charge in [0.2, 0.25) is 0 Å². The maximum atomic E-state index is 5.52. The van der Waals surface area contributed by atoms with Crippen molar-refractivity contribution < 1.29 is 0 Å². The molecular formula is C6H9N5S. The molecule has 12 heavy (non-hydrogen) atoms. The number of thioether (sulfide) groups is 1. The van der Waals surface area contributed by atoms with Crippen molar-refractivity contribution >= 4 is 16.9 Å². The van der Waals surface area contributed by atoms with Gasteiger partial charge in [-0.25, -0.2) is 4.98 Å². The smallest absolute Gasteiger partial charge is 0.154 e. The molecule has 1 aromatic rings. The summed E-state index contributed by atoms with van der Waals surface area (Å²) >= 11 is 1.59. The average Bonchev–Trinajstić information content (AvgIpc) is 2.63. The van der Waals surface area contributed by atoms with E-state index in [0.29, 0.717) is 5.17 Å². The number of aliphatic imine (C=N–C) groups is 1. The summed E-state index contributed by atoms with van der Waals surface area (Å²) in [5.74, 6) is 0.950. The van der Waals surface area contributed by atoms with Crippen LogP contribution in [-0.2, 0) is 6.54 Å². The van der Waals surface area contributed by atoms with Gasteiger partial charge < -0.3 is 5.73 Å². The van der Waals surface area contributed by atoms with Gasteiger partial charge in [-0.1, -0.05) is 11.8 Å². The second-order valence-electron chi connectivity index (χ2n) is 2.55.